The fraction of sp³-hybridized carbons (Fsp3) is 0.231. The molecule has 0 unspecified atom stereocenters. The predicted molar refractivity (Wildman–Crippen MR) is 76.5 cm³/mol. The van der Waals surface area contributed by atoms with Crippen molar-refractivity contribution >= 4 is 17.3 Å². The van der Waals surface area contributed by atoms with E-state index in [1.54, 1.807) is 12.3 Å². The van der Waals surface area contributed by atoms with E-state index in [1.807, 2.05) is 30.1 Å². The highest BCUT2D eigenvalue weighted by Gasteiger charge is 2.14. The van der Waals surface area contributed by atoms with Crippen LogP contribution in [0.4, 0.5) is 17.3 Å². The van der Waals surface area contributed by atoms with E-state index >= 15 is 0 Å². The maximum Gasteiger partial charge on any atom is 0.311 e. The zero-order valence-electron chi connectivity index (χ0n) is 11.1. The molecule has 7 nitrogen and oxygen atoms in total. The first-order chi connectivity index (χ1) is 9.58. The predicted octanol–water partition coefficient (Wildman–Crippen LogP) is 1.65. The SMILES string of the molecule is CN(CCc1ccccn1)c1ccc([N+](=O)[O-])c(N)n1. The van der Waals surface area contributed by atoms with Gasteiger partial charge < -0.3 is 10.6 Å². The van der Waals surface area contributed by atoms with Crippen molar-refractivity contribution in [3.63, 3.8) is 0 Å². The van der Waals surface area contributed by atoms with Gasteiger partial charge in [-0.05, 0) is 18.2 Å². The first-order valence-corrected chi connectivity index (χ1v) is 6.10. The van der Waals surface area contributed by atoms with Gasteiger partial charge in [0, 0.05) is 38.0 Å². The van der Waals surface area contributed by atoms with Crippen LogP contribution in [-0.4, -0.2) is 28.5 Å². The molecule has 0 saturated heterocycles. The summed E-state index contributed by atoms with van der Waals surface area (Å²) >= 11 is 0. The van der Waals surface area contributed by atoms with Crippen LogP contribution in [0.15, 0.2) is 36.5 Å². The van der Waals surface area contributed by atoms with Crippen LogP contribution >= 0.6 is 0 Å². The van der Waals surface area contributed by atoms with Gasteiger partial charge >= 0.3 is 5.69 Å². The Balaban J connectivity index is 2.04. The second kappa shape index (κ2) is 5.96. The van der Waals surface area contributed by atoms with Crippen molar-refractivity contribution in [2.45, 2.75) is 6.42 Å². The van der Waals surface area contributed by atoms with E-state index in [-0.39, 0.29) is 11.5 Å². The summed E-state index contributed by atoms with van der Waals surface area (Å²) in [5.74, 6) is 0.529. The van der Waals surface area contributed by atoms with Gasteiger partial charge in [-0.25, -0.2) is 4.98 Å². The molecule has 2 N–H and O–H groups in total. The molecule has 0 amide bonds. The third-order valence-corrected chi connectivity index (χ3v) is 2.91. The number of likely N-dealkylation sites (N-methyl/N-ethyl adjacent to an activating group) is 1. The van der Waals surface area contributed by atoms with Crippen molar-refractivity contribution < 1.29 is 4.92 Å². The molecule has 0 aromatic carbocycles. The summed E-state index contributed by atoms with van der Waals surface area (Å²) in [6.07, 6.45) is 2.51. The minimum absolute atomic E-state index is 0.0720. The molecule has 0 aliphatic carbocycles. The number of aromatic nitrogens is 2. The van der Waals surface area contributed by atoms with Gasteiger partial charge in [0.05, 0.1) is 4.92 Å². The highest BCUT2D eigenvalue weighted by atomic mass is 16.6. The molecular formula is C13H15N5O2. The summed E-state index contributed by atoms with van der Waals surface area (Å²) in [5.41, 5.74) is 6.38. The van der Waals surface area contributed by atoms with E-state index in [4.69, 9.17) is 5.73 Å². The minimum atomic E-state index is -0.542. The van der Waals surface area contributed by atoms with Crippen LogP contribution in [0.5, 0.6) is 0 Å². The molecule has 0 saturated carbocycles. The van der Waals surface area contributed by atoms with E-state index in [0.717, 1.165) is 12.1 Å². The summed E-state index contributed by atoms with van der Waals surface area (Å²) in [5, 5.41) is 10.7. The Bertz CT molecular complexity index is 603. The fourth-order valence-corrected chi connectivity index (χ4v) is 1.77. The van der Waals surface area contributed by atoms with Gasteiger partial charge in [0.1, 0.15) is 5.82 Å². The third kappa shape index (κ3) is 3.19. The van der Waals surface area contributed by atoms with Crippen molar-refractivity contribution in [1.29, 1.82) is 0 Å². The maximum absolute atomic E-state index is 10.7. The molecule has 20 heavy (non-hydrogen) atoms. The highest BCUT2D eigenvalue weighted by Crippen LogP contribution is 2.22. The fourth-order valence-electron chi connectivity index (χ4n) is 1.77. The Morgan fingerprint density at radius 3 is 2.75 bits per heavy atom. The maximum atomic E-state index is 10.7. The molecule has 2 aromatic heterocycles. The number of pyridine rings is 2. The number of rotatable bonds is 5. The van der Waals surface area contributed by atoms with Crippen LogP contribution in [-0.2, 0) is 6.42 Å². The van der Waals surface area contributed by atoms with E-state index in [9.17, 15) is 10.1 Å². The summed E-state index contributed by atoms with van der Waals surface area (Å²) in [4.78, 5) is 20.3. The van der Waals surface area contributed by atoms with Gasteiger partial charge in [-0.2, -0.15) is 0 Å². The highest BCUT2D eigenvalue weighted by molar-refractivity contribution is 5.57. The van der Waals surface area contributed by atoms with Gasteiger partial charge in [-0.15, -0.1) is 0 Å². The minimum Gasteiger partial charge on any atom is -0.378 e. The van der Waals surface area contributed by atoms with Gasteiger partial charge in [0.15, 0.2) is 0 Å². The first-order valence-electron chi connectivity index (χ1n) is 6.10. The second-order valence-corrected chi connectivity index (χ2v) is 4.32. The normalized spacial score (nSPS) is 10.2. The van der Waals surface area contributed by atoms with Gasteiger partial charge in [-0.1, -0.05) is 6.07 Å². The van der Waals surface area contributed by atoms with Crippen LogP contribution in [0.3, 0.4) is 0 Å². The van der Waals surface area contributed by atoms with Crippen LogP contribution in [0, 0.1) is 10.1 Å². The van der Waals surface area contributed by atoms with Crippen LogP contribution in [0.2, 0.25) is 0 Å². The molecule has 0 atom stereocenters. The molecule has 0 aliphatic rings. The van der Waals surface area contributed by atoms with Gasteiger partial charge in [0.2, 0.25) is 5.82 Å². The molecule has 0 aliphatic heterocycles. The molecule has 0 fully saturated rings. The third-order valence-electron chi connectivity index (χ3n) is 2.91. The lowest BCUT2D eigenvalue weighted by Gasteiger charge is -2.17. The topological polar surface area (TPSA) is 98.2 Å². The van der Waals surface area contributed by atoms with E-state index in [0.29, 0.717) is 12.4 Å². The summed E-state index contributed by atoms with van der Waals surface area (Å²) in [6, 6.07) is 8.71. The summed E-state index contributed by atoms with van der Waals surface area (Å²) in [7, 11) is 1.86. The van der Waals surface area contributed by atoms with Crippen LogP contribution in [0.1, 0.15) is 5.69 Å². The smallest absolute Gasteiger partial charge is 0.311 e. The zero-order valence-corrected chi connectivity index (χ0v) is 11.1. The standard InChI is InChI=1S/C13H15N5O2/c1-17(9-7-10-4-2-3-8-15-10)12-6-5-11(18(19)20)13(14)16-12/h2-6,8H,7,9H2,1H3,(H2,14,16). The van der Waals surface area contributed by atoms with Crippen LogP contribution < -0.4 is 10.6 Å². The van der Waals surface area contributed by atoms with Gasteiger partial charge in [-0.3, -0.25) is 15.1 Å². The molecule has 0 bridgehead atoms. The van der Waals surface area contributed by atoms with E-state index < -0.39 is 4.92 Å². The number of nitrogen functional groups attached to an aromatic ring is 1. The zero-order chi connectivity index (χ0) is 14.5. The second-order valence-electron chi connectivity index (χ2n) is 4.32. The van der Waals surface area contributed by atoms with E-state index in [2.05, 4.69) is 9.97 Å². The average Bonchev–Trinajstić information content (AvgIpc) is 2.45. The van der Waals surface area contributed by atoms with Crippen molar-refractivity contribution in [2.24, 2.45) is 0 Å². The number of hydrogen-bond acceptors (Lipinski definition) is 6. The Hall–Kier alpha value is -2.70. The average molecular weight is 273 g/mol. The number of nitrogens with zero attached hydrogens (tertiary/aromatic N) is 4. The van der Waals surface area contributed by atoms with Crippen molar-refractivity contribution in [1.82, 2.24) is 9.97 Å². The van der Waals surface area contributed by atoms with Crippen molar-refractivity contribution in [3.05, 3.63) is 52.3 Å². The Morgan fingerprint density at radius 2 is 2.15 bits per heavy atom. The van der Waals surface area contributed by atoms with Crippen molar-refractivity contribution in [3.8, 4) is 0 Å². The number of hydrogen-bond donors (Lipinski definition) is 1. The lowest BCUT2D eigenvalue weighted by Crippen LogP contribution is -2.22. The summed E-state index contributed by atoms with van der Waals surface area (Å²) in [6.45, 7) is 0.696. The number of nitro groups is 1. The quantitative estimate of drug-likeness (QED) is 0.657. The molecule has 0 radical (unpaired) electrons. The Kier molecular flexibility index (Phi) is 4.09. The molecule has 0 spiro atoms. The summed E-state index contributed by atoms with van der Waals surface area (Å²) < 4.78 is 0. The molecule has 104 valence electrons. The Labute approximate surface area is 116 Å². The van der Waals surface area contributed by atoms with E-state index in [1.165, 1.54) is 6.07 Å². The van der Waals surface area contributed by atoms with Crippen LogP contribution in [0.25, 0.3) is 0 Å². The number of anilines is 2. The first kappa shape index (κ1) is 13.7. The van der Waals surface area contributed by atoms with Gasteiger partial charge in [0.25, 0.3) is 0 Å². The molecule has 2 rings (SSSR count). The molecular weight excluding hydrogens is 258 g/mol. The molecule has 2 heterocycles. The largest absolute Gasteiger partial charge is 0.378 e. The lowest BCUT2D eigenvalue weighted by molar-refractivity contribution is -0.384. The number of nitrogens with two attached hydrogens (primary N) is 1. The molecule has 2 aromatic rings. The molecule has 7 heteroatoms. The lowest BCUT2D eigenvalue weighted by atomic mass is 10.2. The monoisotopic (exact) mass is 273 g/mol. The van der Waals surface area contributed by atoms with Crippen molar-refractivity contribution in [2.75, 3.05) is 24.2 Å². The Morgan fingerprint density at radius 1 is 1.35 bits per heavy atom.